The number of H-pyrrole nitrogens is 1. The van der Waals surface area contributed by atoms with E-state index in [9.17, 15) is 0 Å². The molecule has 3 aromatic rings. The van der Waals surface area contributed by atoms with Gasteiger partial charge in [0.1, 0.15) is 6.33 Å². The first-order chi connectivity index (χ1) is 9.83. The second kappa shape index (κ2) is 7.04. The van der Waals surface area contributed by atoms with Crippen molar-refractivity contribution in [2.45, 2.75) is 13.3 Å². The van der Waals surface area contributed by atoms with Gasteiger partial charge in [-0.25, -0.2) is 5.10 Å². The van der Waals surface area contributed by atoms with Gasteiger partial charge in [-0.1, -0.05) is 49.4 Å². The largest absolute Gasteiger partial charge is 0.398 e. The van der Waals surface area contributed by atoms with Crippen LogP contribution in [0.5, 0.6) is 0 Å². The van der Waals surface area contributed by atoms with Crippen LogP contribution in [0.25, 0.3) is 11.1 Å². The number of aromatic nitrogens is 4. The van der Waals surface area contributed by atoms with E-state index in [1.54, 1.807) is 0 Å². The molecule has 1 aromatic heterocycles. The zero-order valence-corrected chi connectivity index (χ0v) is 11.3. The molecule has 5 heteroatoms. The second-order valence-electron chi connectivity index (χ2n) is 4.16. The molecule has 0 atom stereocenters. The molecule has 0 spiro atoms. The maximum Gasteiger partial charge on any atom is 0.135 e. The molecule has 0 unspecified atom stereocenters. The number of nitrogens with zero attached hydrogens (tertiary/aromatic N) is 3. The Bertz CT molecular complexity index is 617. The van der Waals surface area contributed by atoms with Crippen molar-refractivity contribution in [1.82, 2.24) is 20.6 Å². The van der Waals surface area contributed by atoms with Crippen LogP contribution in [0.4, 0.5) is 5.69 Å². The molecule has 0 aliphatic carbocycles. The molecular formula is C15H17N5. The Kier molecular flexibility index (Phi) is 4.83. The number of aryl methyl sites for hydroxylation is 1. The zero-order valence-electron chi connectivity index (χ0n) is 11.3. The molecule has 5 nitrogen and oxygen atoms in total. The van der Waals surface area contributed by atoms with Crippen LogP contribution in [0.15, 0.2) is 54.9 Å². The van der Waals surface area contributed by atoms with Gasteiger partial charge >= 0.3 is 0 Å². The van der Waals surface area contributed by atoms with Crippen molar-refractivity contribution in [2.75, 3.05) is 5.73 Å². The summed E-state index contributed by atoms with van der Waals surface area (Å²) in [6.45, 7) is 2.16. The van der Waals surface area contributed by atoms with Crippen LogP contribution >= 0.6 is 0 Å². The number of hydrogen-bond acceptors (Lipinski definition) is 4. The average Bonchev–Trinajstić information content (AvgIpc) is 3.07. The van der Waals surface area contributed by atoms with Crippen molar-refractivity contribution in [3.8, 4) is 11.1 Å². The van der Waals surface area contributed by atoms with E-state index in [0.717, 1.165) is 17.7 Å². The summed E-state index contributed by atoms with van der Waals surface area (Å²) in [6, 6.07) is 16.4. The lowest BCUT2D eigenvalue weighted by atomic mass is 9.97. The molecule has 1 heterocycles. The summed E-state index contributed by atoms with van der Waals surface area (Å²) in [5.41, 5.74) is 10.5. The van der Waals surface area contributed by atoms with Gasteiger partial charge in [0.15, 0.2) is 0 Å². The fourth-order valence-corrected chi connectivity index (χ4v) is 1.96. The molecule has 20 heavy (non-hydrogen) atoms. The first kappa shape index (κ1) is 13.7. The fraction of sp³-hybridized carbons (Fsp3) is 0.133. The fourth-order valence-electron chi connectivity index (χ4n) is 1.96. The van der Waals surface area contributed by atoms with Crippen LogP contribution in [-0.2, 0) is 6.42 Å². The van der Waals surface area contributed by atoms with E-state index >= 15 is 0 Å². The number of nitrogens with one attached hydrogen (secondary N) is 1. The van der Waals surface area contributed by atoms with E-state index < -0.39 is 0 Å². The van der Waals surface area contributed by atoms with Crippen molar-refractivity contribution >= 4 is 5.69 Å². The van der Waals surface area contributed by atoms with E-state index in [1.165, 1.54) is 17.5 Å². The number of nitrogen functional groups attached to an aromatic ring is 1. The molecule has 0 radical (unpaired) electrons. The summed E-state index contributed by atoms with van der Waals surface area (Å²) in [7, 11) is 0. The third-order valence-corrected chi connectivity index (χ3v) is 2.92. The van der Waals surface area contributed by atoms with E-state index in [0.29, 0.717) is 0 Å². The maximum atomic E-state index is 5.98. The molecule has 0 aliphatic rings. The van der Waals surface area contributed by atoms with Gasteiger partial charge in [-0.3, -0.25) is 0 Å². The highest BCUT2D eigenvalue weighted by Crippen LogP contribution is 2.28. The standard InChI is InChI=1S/C14H15N.CH2N4/c1-2-11-7-3-4-8-12(11)13-9-5-6-10-14(13)15;1-2-4-5-3-1/h3-10H,2,15H2,1H3;1H,(H,2,3,4,5). The Morgan fingerprint density at radius 2 is 1.70 bits per heavy atom. The predicted molar refractivity (Wildman–Crippen MR) is 79.8 cm³/mol. The summed E-state index contributed by atoms with van der Waals surface area (Å²) in [4.78, 5) is 0. The van der Waals surface area contributed by atoms with Crippen LogP contribution in [-0.4, -0.2) is 20.6 Å². The van der Waals surface area contributed by atoms with Gasteiger partial charge in [0.25, 0.3) is 0 Å². The molecule has 3 N–H and O–H groups in total. The van der Waals surface area contributed by atoms with E-state index in [4.69, 9.17) is 5.73 Å². The number of para-hydroxylation sites is 1. The Morgan fingerprint density at radius 3 is 2.25 bits per heavy atom. The molecule has 0 fully saturated rings. The number of aromatic amines is 1. The number of benzene rings is 2. The van der Waals surface area contributed by atoms with Gasteiger partial charge < -0.3 is 5.73 Å². The third kappa shape index (κ3) is 3.41. The van der Waals surface area contributed by atoms with E-state index in [-0.39, 0.29) is 0 Å². The molecule has 0 saturated heterocycles. The molecule has 0 saturated carbocycles. The molecule has 0 bridgehead atoms. The van der Waals surface area contributed by atoms with Gasteiger partial charge in [-0.05, 0) is 34.0 Å². The Labute approximate surface area is 117 Å². The van der Waals surface area contributed by atoms with Crippen LogP contribution in [0.2, 0.25) is 0 Å². The lowest BCUT2D eigenvalue weighted by Gasteiger charge is -2.09. The first-order valence-corrected chi connectivity index (χ1v) is 6.42. The number of hydrogen-bond donors (Lipinski definition) is 2. The van der Waals surface area contributed by atoms with Crippen molar-refractivity contribution in [2.24, 2.45) is 0 Å². The summed E-state index contributed by atoms with van der Waals surface area (Å²) >= 11 is 0. The minimum Gasteiger partial charge on any atom is -0.398 e. The second-order valence-corrected chi connectivity index (χ2v) is 4.16. The summed E-state index contributed by atoms with van der Waals surface area (Å²) in [5.74, 6) is 0. The molecular weight excluding hydrogens is 250 g/mol. The lowest BCUT2D eigenvalue weighted by Crippen LogP contribution is -1.92. The van der Waals surface area contributed by atoms with Gasteiger partial charge in [0.2, 0.25) is 0 Å². The van der Waals surface area contributed by atoms with Gasteiger partial charge in [-0.15, -0.1) is 5.10 Å². The highest BCUT2D eigenvalue weighted by atomic mass is 15.5. The maximum absolute atomic E-state index is 5.98. The van der Waals surface area contributed by atoms with E-state index in [1.807, 2.05) is 18.2 Å². The quantitative estimate of drug-likeness (QED) is 0.699. The Hall–Kier alpha value is -2.69. The molecule has 3 rings (SSSR count). The molecule has 102 valence electrons. The van der Waals surface area contributed by atoms with Crippen LogP contribution in [0.3, 0.4) is 0 Å². The zero-order chi connectivity index (χ0) is 14.2. The first-order valence-electron chi connectivity index (χ1n) is 6.42. The van der Waals surface area contributed by atoms with Crippen LogP contribution in [0.1, 0.15) is 12.5 Å². The van der Waals surface area contributed by atoms with E-state index in [2.05, 4.69) is 57.9 Å². The van der Waals surface area contributed by atoms with Crippen molar-refractivity contribution < 1.29 is 0 Å². The minimum atomic E-state index is 0.846. The van der Waals surface area contributed by atoms with Gasteiger partial charge in [0.05, 0.1) is 0 Å². The monoisotopic (exact) mass is 267 g/mol. The normalized spacial score (nSPS) is 9.65. The third-order valence-electron chi connectivity index (χ3n) is 2.92. The lowest BCUT2D eigenvalue weighted by molar-refractivity contribution is 0.881. The highest BCUT2D eigenvalue weighted by Gasteiger charge is 2.04. The molecule has 0 aliphatic heterocycles. The SMILES string of the molecule is CCc1ccccc1-c1ccccc1N.c1nnn[nH]1. The van der Waals surface area contributed by atoms with Gasteiger partial charge in [0, 0.05) is 11.3 Å². The van der Waals surface area contributed by atoms with Crippen LogP contribution in [0, 0.1) is 0 Å². The number of nitrogens with two attached hydrogens (primary N) is 1. The van der Waals surface area contributed by atoms with Crippen molar-refractivity contribution in [3.05, 3.63) is 60.4 Å². The number of anilines is 1. The highest BCUT2D eigenvalue weighted by molar-refractivity contribution is 5.78. The average molecular weight is 267 g/mol. The molecule has 2 aromatic carbocycles. The predicted octanol–water partition coefficient (Wildman–Crippen LogP) is 2.70. The summed E-state index contributed by atoms with van der Waals surface area (Å²) in [6.07, 6.45) is 2.44. The van der Waals surface area contributed by atoms with Crippen LogP contribution < -0.4 is 5.73 Å². The minimum absolute atomic E-state index is 0.846. The summed E-state index contributed by atoms with van der Waals surface area (Å²) in [5, 5.41) is 12.1. The number of tetrazole rings is 1. The smallest absolute Gasteiger partial charge is 0.135 e. The summed E-state index contributed by atoms with van der Waals surface area (Å²) < 4.78 is 0. The molecule has 0 amide bonds. The van der Waals surface area contributed by atoms with Crippen molar-refractivity contribution in [3.63, 3.8) is 0 Å². The Balaban J connectivity index is 0.000000247. The Morgan fingerprint density at radius 1 is 1.00 bits per heavy atom. The van der Waals surface area contributed by atoms with Crippen molar-refractivity contribution in [1.29, 1.82) is 0 Å². The topological polar surface area (TPSA) is 80.5 Å². The number of rotatable bonds is 2. The van der Waals surface area contributed by atoms with Gasteiger partial charge in [-0.2, -0.15) is 0 Å².